The van der Waals surface area contributed by atoms with Crippen LogP contribution in [0.2, 0.25) is 0 Å². The number of aromatic hydroxyl groups is 3. The Labute approximate surface area is 198 Å². The van der Waals surface area contributed by atoms with Gasteiger partial charge in [-0.25, -0.2) is 5.43 Å². The summed E-state index contributed by atoms with van der Waals surface area (Å²) >= 11 is 0. The maximum Gasteiger partial charge on any atom is 0.271 e. The number of phenols is 3. The number of amides is 1. The molecule has 0 atom stereocenters. The van der Waals surface area contributed by atoms with Gasteiger partial charge in [0.25, 0.3) is 11.8 Å². The predicted molar refractivity (Wildman–Crippen MR) is 125 cm³/mol. The Morgan fingerprint density at radius 2 is 1.63 bits per heavy atom. The molecule has 1 amide bonds. The first kappa shape index (κ1) is 23.1. The van der Waals surface area contributed by atoms with Crippen molar-refractivity contribution < 1.29 is 34.0 Å². The van der Waals surface area contributed by atoms with E-state index in [1.807, 2.05) is 0 Å². The zero-order chi connectivity index (χ0) is 24.9. The van der Waals surface area contributed by atoms with Gasteiger partial charge in [0.1, 0.15) is 17.2 Å². The summed E-state index contributed by atoms with van der Waals surface area (Å²) in [6.07, 6.45) is 1.13. The first-order valence-corrected chi connectivity index (χ1v) is 10.1. The van der Waals surface area contributed by atoms with Crippen molar-refractivity contribution in [2.45, 2.75) is 0 Å². The van der Waals surface area contributed by atoms with Crippen LogP contribution in [0.25, 0.3) is 22.9 Å². The summed E-state index contributed by atoms with van der Waals surface area (Å²) in [6.45, 7) is 0. The normalized spacial score (nSPS) is 10.9. The first-order valence-electron chi connectivity index (χ1n) is 10.1. The van der Waals surface area contributed by atoms with Gasteiger partial charge in [-0.1, -0.05) is 0 Å². The lowest BCUT2D eigenvalue weighted by atomic mass is 10.1. The van der Waals surface area contributed by atoms with Gasteiger partial charge in [0.2, 0.25) is 5.89 Å². The zero-order valence-electron chi connectivity index (χ0n) is 18.6. The number of rotatable bonds is 7. The highest BCUT2D eigenvalue weighted by molar-refractivity contribution is 5.95. The van der Waals surface area contributed by atoms with E-state index in [2.05, 4.69) is 20.7 Å². The van der Waals surface area contributed by atoms with Gasteiger partial charge in [-0.2, -0.15) is 5.10 Å². The fourth-order valence-corrected chi connectivity index (χ4v) is 3.10. The highest BCUT2D eigenvalue weighted by Crippen LogP contribution is 2.34. The fourth-order valence-electron chi connectivity index (χ4n) is 3.10. The second-order valence-electron chi connectivity index (χ2n) is 7.15. The van der Waals surface area contributed by atoms with Crippen molar-refractivity contribution in [3.8, 4) is 51.7 Å². The molecule has 35 heavy (non-hydrogen) atoms. The molecule has 0 saturated heterocycles. The molecule has 0 aliphatic rings. The Hall–Kier alpha value is -5.06. The zero-order valence-corrected chi connectivity index (χ0v) is 18.6. The number of phenolic OH excluding ortho intramolecular Hbond substituents is 3. The maximum atomic E-state index is 12.3. The lowest BCUT2D eigenvalue weighted by Gasteiger charge is -2.07. The third-order valence-corrected chi connectivity index (χ3v) is 4.95. The molecule has 11 nitrogen and oxygen atoms in total. The molecule has 3 aromatic carbocycles. The van der Waals surface area contributed by atoms with Crippen molar-refractivity contribution in [3.05, 3.63) is 65.7 Å². The molecule has 178 valence electrons. The lowest BCUT2D eigenvalue weighted by molar-refractivity contribution is 0.0955. The molecule has 4 rings (SSSR count). The number of nitrogens with zero attached hydrogens (tertiary/aromatic N) is 3. The molecule has 0 radical (unpaired) electrons. The van der Waals surface area contributed by atoms with Gasteiger partial charge in [0.15, 0.2) is 11.5 Å². The van der Waals surface area contributed by atoms with E-state index in [9.17, 15) is 20.1 Å². The highest BCUT2D eigenvalue weighted by atomic mass is 16.5. The van der Waals surface area contributed by atoms with E-state index in [0.717, 1.165) is 18.3 Å². The van der Waals surface area contributed by atoms with Crippen LogP contribution in [0.5, 0.6) is 28.7 Å². The summed E-state index contributed by atoms with van der Waals surface area (Å²) in [7, 11) is 3.09. The van der Waals surface area contributed by atoms with Gasteiger partial charge >= 0.3 is 0 Å². The molecule has 0 fully saturated rings. The average molecular weight is 476 g/mol. The molecule has 0 saturated carbocycles. The van der Waals surface area contributed by atoms with Crippen molar-refractivity contribution in [3.63, 3.8) is 0 Å². The number of benzene rings is 3. The number of methoxy groups -OCH3 is 2. The molecule has 1 heterocycles. The van der Waals surface area contributed by atoms with Crippen LogP contribution in [0.15, 0.2) is 64.1 Å². The van der Waals surface area contributed by atoms with Gasteiger partial charge < -0.3 is 29.2 Å². The highest BCUT2D eigenvalue weighted by Gasteiger charge is 2.16. The van der Waals surface area contributed by atoms with Crippen LogP contribution in [0.3, 0.4) is 0 Å². The third-order valence-electron chi connectivity index (χ3n) is 4.95. The number of carbonyl (C=O) groups is 1. The monoisotopic (exact) mass is 476 g/mol. The second-order valence-corrected chi connectivity index (χ2v) is 7.15. The Balaban J connectivity index is 1.46. The van der Waals surface area contributed by atoms with E-state index in [1.54, 1.807) is 49.6 Å². The Morgan fingerprint density at radius 3 is 2.34 bits per heavy atom. The van der Waals surface area contributed by atoms with Crippen molar-refractivity contribution in [1.29, 1.82) is 0 Å². The van der Waals surface area contributed by atoms with Crippen molar-refractivity contribution in [2.24, 2.45) is 5.10 Å². The second kappa shape index (κ2) is 9.83. The molecule has 4 aromatic rings. The summed E-state index contributed by atoms with van der Waals surface area (Å²) in [4.78, 5) is 12.3. The van der Waals surface area contributed by atoms with Crippen molar-refractivity contribution in [2.75, 3.05) is 14.2 Å². The predicted octanol–water partition coefficient (Wildman–Crippen LogP) is 3.30. The molecule has 0 unspecified atom stereocenters. The van der Waals surface area contributed by atoms with Crippen molar-refractivity contribution in [1.82, 2.24) is 15.6 Å². The number of hydrogen-bond donors (Lipinski definition) is 4. The van der Waals surface area contributed by atoms with Crippen LogP contribution < -0.4 is 14.9 Å². The summed E-state index contributed by atoms with van der Waals surface area (Å²) in [5.74, 6) is -0.0615. The quantitative estimate of drug-likeness (QED) is 0.136. The van der Waals surface area contributed by atoms with Crippen LogP contribution in [0, 0.1) is 0 Å². The van der Waals surface area contributed by atoms with E-state index < -0.39 is 17.4 Å². The topological polar surface area (TPSA) is 160 Å². The van der Waals surface area contributed by atoms with Gasteiger partial charge in [-0.15, -0.1) is 10.2 Å². The number of carbonyl (C=O) groups excluding carboxylic acids is 1. The van der Waals surface area contributed by atoms with Crippen LogP contribution in [0.1, 0.15) is 15.9 Å². The molecule has 0 aliphatic heterocycles. The Kier molecular flexibility index (Phi) is 6.49. The molecule has 0 aliphatic carbocycles. The van der Waals surface area contributed by atoms with Crippen LogP contribution >= 0.6 is 0 Å². The third kappa shape index (κ3) is 4.98. The summed E-state index contributed by atoms with van der Waals surface area (Å²) < 4.78 is 16.4. The molecular formula is C24H20N4O7. The Bertz CT molecular complexity index is 1400. The Morgan fingerprint density at radius 1 is 0.914 bits per heavy atom. The van der Waals surface area contributed by atoms with Crippen LogP contribution in [0.4, 0.5) is 0 Å². The molecule has 0 bridgehead atoms. The van der Waals surface area contributed by atoms with E-state index in [0.29, 0.717) is 28.2 Å². The van der Waals surface area contributed by atoms with E-state index in [1.165, 1.54) is 7.11 Å². The minimum Gasteiger partial charge on any atom is -0.507 e. The lowest BCUT2D eigenvalue weighted by Crippen LogP contribution is -2.17. The van der Waals surface area contributed by atoms with Crippen molar-refractivity contribution >= 4 is 12.1 Å². The number of nitrogens with one attached hydrogen (secondary N) is 1. The maximum absolute atomic E-state index is 12.3. The largest absolute Gasteiger partial charge is 0.507 e. The van der Waals surface area contributed by atoms with E-state index in [-0.39, 0.29) is 23.1 Å². The number of aromatic nitrogens is 2. The summed E-state index contributed by atoms with van der Waals surface area (Å²) in [6, 6.07) is 13.7. The van der Waals surface area contributed by atoms with Gasteiger partial charge in [0.05, 0.1) is 26.0 Å². The molecular weight excluding hydrogens is 456 g/mol. The van der Waals surface area contributed by atoms with Gasteiger partial charge in [0, 0.05) is 28.8 Å². The molecule has 1 aromatic heterocycles. The first-order chi connectivity index (χ1) is 16.9. The summed E-state index contributed by atoms with van der Waals surface area (Å²) in [5.41, 5.74) is 3.93. The summed E-state index contributed by atoms with van der Waals surface area (Å²) in [5, 5.41) is 40.5. The minimum absolute atomic E-state index is 0.108. The smallest absolute Gasteiger partial charge is 0.271 e. The SMILES string of the molecule is COc1ccc(-c2nnc(-c3ccc(C(=O)N/N=C/c4cc(O)c(O)cc4O)cc3)o2)c(OC)c1. The number of hydrogen-bond acceptors (Lipinski definition) is 10. The van der Waals surface area contributed by atoms with Gasteiger partial charge in [-0.3, -0.25) is 4.79 Å². The fraction of sp³-hybridized carbons (Fsp3) is 0.0833. The van der Waals surface area contributed by atoms with Crippen LogP contribution in [-0.4, -0.2) is 51.9 Å². The minimum atomic E-state index is -0.510. The van der Waals surface area contributed by atoms with E-state index in [4.69, 9.17) is 13.9 Å². The van der Waals surface area contributed by atoms with E-state index >= 15 is 0 Å². The molecule has 0 spiro atoms. The molecule has 4 N–H and O–H groups in total. The number of ether oxygens (including phenoxy) is 2. The standard InChI is InChI=1S/C24H20N4O7/c1-33-16-7-8-17(21(10-16)34-2)24-28-27-23(35-24)14-5-3-13(4-6-14)22(32)26-25-12-15-9-19(30)20(31)11-18(15)29/h3-12,29-31H,1-2H3,(H,26,32)/b25-12+. The average Bonchev–Trinajstić information content (AvgIpc) is 3.36. The molecule has 11 heteroatoms. The van der Waals surface area contributed by atoms with Gasteiger partial charge in [-0.05, 0) is 42.5 Å². The van der Waals surface area contributed by atoms with Crippen LogP contribution in [-0.2, 0) is 0 Å². The number of hydrazone groups is 1.